The molecule has 0 amide bonds. The molecule has 0 bridgehead atoms. The predicted octanol–water partition coefficient (Wildman–Crippen LogP) is 2.38. The predicted molar refractivity (Wildman–Crippen MR) is 99.9 cm³/mol. The average Bonchev–Trinajstić information content (AvgIpc) is 2.62. The summed E-state index contributed by atoms with van der Waals surface area (Å²) >= 11 is 0. The number of hydrogen-bond donors (Lipinski definition) is 0. The summed E-state index contributed by atoms with van der Waals surface area (Å²) in [7, 11) is 0. The molecule has 0 fully saturated rings. The van der Waals surface area contributed by atoms with Gasteiger partial charge in [-0.15, -0.1) is 0 Å². The topological polar surface area (TPSA) is 4.10 Å². The van der Waals surface area contributed by atoms with E-state index in [1.165, 1.54) is 38.9 Å². The second-order valence-electron chi connectivity index (χ2n) is 6.37. The summed E-state index contributed by atoms with van der Waals surface area (Å²) in [6.45, 7) is 4.25. The molecule has 0 radical (unpaired) electrons. The highest BCUT2D eigenvalue weighted by Crippen LogP contribution is 2.32. The van der Waals surface area contributed by atoms with Crippen molar-refractivity contribution in [3.05, 3.63) is 96.3 Å². The maximum absolute atomic E-state index is 2.28. The molecule has 0 saturated carbocycles. The van der Waals surface area contributed by atoms with Crippen LogP contribution >= 0.6 is 0 Å². The molecular formula is C23H20BrN. The minimum absolute atomic E-state index is 0. The molecule has 0 N–H and O–H groups in total. The smallest absolute Gasteiger partial charge is 0.211 e. The van der Waals surface area contributed by atoms with Crippen molar-refractivity contribution in [3.63, 3.8) is 0 Å². The standard InChI is InChI=1S/C23H20N.BrH/c1-17-6-10-19(11-7-17)22-15-21-5-3-4-14-24(21)16-23(22)20-12-8-18(2)9-13-20;/h3-16H,1-2H3;1H/q+1;/p-1. The first-order valence-corrected chi connectivity index (χ1v) is 8.29. The number of aryl methyl sites for hydroxylation is 2. The number of nitrogens with zero attached hydrogens (tertiary/aromatic N) is 1. The third-order valence-corrected chi connectivity index (χ3v) is 4.50. The van der Waals surface area contributed by atoms with Crippen LogP contribution in [0.3, 0.4) is 0 Å². The van der Waals surface area contributed by atoms with Crippen LogP contribution in [0.15, 0.2) is 85.2 Å². The first-order valence-electron chi connectivity index (χ1n) is 8.29. The van der Waals surface area contributed by atoms with Gasteiger partial charge in [-0.25, -0.2) is 0 Å². The van der Waals surface area contributed by atoms with E-state index in [2.05, 4.69) is 103 Å². The summed E-state index contributed by atoms with van der Waals surface area (Å²) in [6, 6.07) is 26.1. The lowest BCUT2D eigenvalue weighted by Gasteiger charge is -2.10. The van der Waals surface area contributed by atoms with Crippen molar-refractivity contribution >= 4 is 5.52 Å². The zero-order chi connectivity index (χ0) is 16.5. The molecular weight excluding hydrogens is 370 g/mol. The molecule has 0 aliphatic rings. The highest BCUT2D eigenvalue weighted by Gasteiger charge is 2.14. The molecule has 2 aromatic carbocycles. The van der Waals surface area contributed by atoms with Crippen molar-refractivity contribution < 1.29 is 21.4 Å². The Hall–Kier alpha value is -2.45. The maximum Gasteiger partial charge on any atom is 0.211 e. The minimum Gasteiger partial charge on any atom is -1.00 e. The first kappa shape index (κ1) is 17.4. The van der Waals surface area contributed by atoms with Gasteiger partial charge in [0.25, 0.3) is 0 Å². The second kappa shape index (κ2) is 7.20. The van der Waals surface area contributed by atoms with Gasteiger partial charge >= 0.3 is 0 Å². The number of benzene rings is 2. The molecule has 0 unspecified atom stereocenters. The van der Waals surface area contributed by atoms with E-state index in [0.29, 0.717) is 0 Å². The third-order valence-electron chi connectivity index (χ3n) is 4.50. The van der Waals surface area contributed by atoms with E-state index in [4.69, 9.17) is 0 Å². The fraction of sp³-hybridized carbons (Fsp3) is 0.0870. The van der Waals surface area contributed by atoms with Crippen LogP contribution in [0.1, 0.15) is 11.1 Å². The Morgan fingerprint density at radius 2 is 1.20 bits per heavy atom. The van der Waals surface area contributed by atoms with Crippen molar-refractivity contribution in [1.29, 1.82) is 0 Å². The van der Waals surface area contributed by atoms with Crippen LogP contribution in [-0.4, -0.2) is 0 Å². The summed E-state index contributed by atoms with van der Waals surface area (Å²) in [4.78, 5) is 0. The minimum atomic E-state index is 0. The Labute approximate surface area is 159 Å². The number of aromatic nitrogens is 1. The fourth-order valence-electron chi connectivity index (χ4n) is 3.08. The van der Waals surface area contributed by atoms with Crippen LogP contribution in [0.25, 0.3) is 27.8 Å². The van der Waals surface area contributed by atoms with Gasteiger partial charge in [0.05, 0.1) is 5.56 Å². The lowest BCUT2D eigenvalue weighted by Crippen LogP contribution is -3.00. The molecule has 0 aliphatic heterocycles. The Morgan fingerprint density at radius 1 is 0.640 bits per heavy atom. The van der Waals surface area contributed by atoms with Crippen LogP contribution in [-0.2, 0) is 0 Å². The quantitative estimate of drug-likeness (QED) is 0.463. The van der Waals surface area contributed by atoms with E-state index in [0.717, 1.165) is 0 Å². The van der Waals surface area contributed by atoms with Gasteiger partial charge < -0.3 is 17.0 Å². The van der Waals surface area contributed by atoms with Crippen molar-refractivity contribution in [2.45, 2.75) is 13.8 Å². The Balaban J connectivity index is 0.00000182. The molecule has 4 aromatic rings. The second-order valence-corrected chi connectivity index (χ2v) is 6.37. The van der Waals surface area contributed by atoms with Crippen molar-refractivity contribution in [3.8, 4) is 22.3 Å². The molecule has 0 spiro atoms. The fourth-order valence-corrected chi connectivity index (χ4v) is 3.08. The normalized spacial score (nSPS) is 10.5. The molecule has 1 nitrogen and oxygen atoms in total. The summed E-state index contributed by atoms with van der Waals surface area (Å²) in [5.74, 6) is 0. The van der Waals surface area contributed by atoms with Crippen LogP contribution in [0.4, 0.5) is 0 Å². The van der Waals surface area contributed by atoms with E-state index in [9.17, 15) is 0 Å². The van der Waals surface area contributed by atoms with Gasteiger partial charge in [-0.05, 0) is 31.0 Å². The van der Waals surface area contributed by atoms with Gasteiger partial charge in [-0.1, -0.05) is 59.7 Å². The highest BCUT2D eigenvalue weighted by atomic mass is 79.9. The van der Waals surface area contributed by atoms with Crippen LogP contribution in [0, 0.1) is 13.8 Å². The molecule has 2 aromatic heterocycles. The van der Waals surface area contributed by atoms with E-state index >= 15 is 0 Å². The van der Waals surface area contributed by atoms with E-state index in [-0.39, 0.29) is 17.0 Å². The molecule has 0 saturated heterocycles. The van der Waals surface area contributed by atoms with Gasteiger partial charge in [0, 0.05) is 23.8 Å². The summed E-state index contributed by atoms with van der Waals surface area (Å²) < 4.78 is 2.19. The molecule has 25 heavy (non-hydrogen) atoms. The maximum atomic E-state index is 2.28. The summed E-state index contributed by atoms with van der Waals surface area (Å²) in [5.41, 5.74) is 8.78. The SMILES string of the molecule is Cc1ccc(-c2cc3cccc[n+]3cc2-c2ccc(C)cc2)cc1.[Br-]. The van der Waals surface area contributed by atoms with Crippen molar-refractivity contribution in [1.82, 2.24) is 0 Å². The summed E-state index contributed by atoms with van der Waals surface area (Å²) in [6.07, 6.45) is 4.33. The Morgan fingerprint density at radius 3 is 1.80 bits per heavy atom. The largest absolute Gasteiger partial charge is 1.00 e. The number of halogens is 1. The van der Waals surface area contributed by atoms with E-state index < -0.39 is 0 Å². The average molecular weight is 390 g/mol. The zero-order valence-electron chi connectivity index (χ0n) is 14.4. The highest BCUT2D eigenvalue weighted by molar-refractivity contribution is 5.84. The Kier molecular flexibility index (Phi) is 5.00. The molecule has 4 rings (SSSR count). The molecule has 0 atom stereocenters. The van der Waals surface area contributed by atoms with Crippen LogP contribution < -0.4 is 21.4 Å². The molecule has 0 aliphatic carbocycles. The zero-order valence-corrected chi connectivity index (χ0v) is 16.0. The van der Waals surface area contributed by atoms with Crippen LogP contribution in [0.5, 0.6) is 0 Å². The van der Waals surface area contributed by atoms with Crippen molar-refractivity contribution in [2.24, 2.45) is 0 Å². The number of hydrogen-bond acceptors (Lipinski definition) is 0. The monoisotopic (exact) mass is 389 g/mol. The number of rotatable bonds is 2. The van der Waals surface area contributed by atoms with Gasteiger partial charge in [0.2, 0.25) is 5.52 Å². The molecule has 2 heteroatoms. The van der Waals surface area contributed by atoms with E-state index in [1.54, 1.807) is 0 Å². The molecule has 2 heterocycles. The number of pyridine rings is 2. The van der Waals surface area contributed by atoms with Gasteiger partial charge in [0.1, 0.15) is 0 Å². The van der Waals surface area contributed by atoms with Gasteiger partial charge in [0.15, 0.2) is 12.4 Å². The van der Waals surface area contributed by atoms with Gasteiger partial charge in [-0.3, -0.25) is 0 Å². The van der Waals surface area contributed by atoms with E-state index in [1.807, 2.05) is 0 Å². The van der Waals surface area contributed by atoms with Crippen LogP contribution in [0.2, 0.25) is 0 Å². The summed E-state index contributed by atoms with van der Waals surface area (Å²) in [5, 5.41) is 0. The van der Waals surface area contributed by atoms with Crippen molar-refractivity contribution in [2.75, 3.05) is 0 Å². The lowest BCUT2D eigenvalue weighted by atomic mass is 9.95. The van der Waals surface area contributed by atoms with Gasteiger partial charge in [-0.2, -0.15) is 4.40 Å². The number of fused-ring (bicyclic) bond motifs is 1. The molecule has 124 valence electrons. The third kappa shape index (κ3) is 3.49. The Bertz CT molecular complexity index is 918. The first-order chi connectivity index (χ1) is 11.7. The lowest BCUT2D eigenvalue weighted by molar-refractivity contribution is -0.511.